The van der Waals surface area contributed by atoms with Gasteiger partial charge in [0.15, 0.2) is 0 Å². The third-order valence-electron chi connectivity index (χ3n) is 9.54. The highest BCUT2D eigenvalue weighted by Gasteiger charge is 2.41. The van der Waals surface area contributed by atoms with E-state index >= 15 is 0 Å². The molecule has 0 fully saturated rings. The highest BCUT2D eigenvalue weighted by atomic mass is 14.4. The fraction of sp³-hybridized carbons (Fsp3) is 0.317. The zero-order chi connectivity index (χ0) is 29.2. The van der Waals surface area contributed by atoms with Gasteiger partial charge in [-0.1, -0.05) is 165 Å². The summed E-state index contributed by atoms with van der Waals surface area (Å²) in [5.41, 5.74) is 14.0. The van der Waals surface area contributed by atoms with Gasteiger partial charge in [0.1, 0.15) is 0 Å². The summed E-state index contributed by atoms with van der Waals surface area (Å²) in [5, 5.41) is 0. The van der Waals surface area contributed by atoms with Crippen LogP contribution in [-0.4, -0.2) is 0 Å². The van der Waals surface area contributed by atoms with Crippen LogP contribution in [-0.2, 0) is 10.8 Å². The second kappa shape index (κ2) is 9.73. The molecule has 0 spiro atoms. The lowest BCUT2D eigenvalue weighted by atomic mass is 9.66. The summed E-state index contributed by atoms with van der Waals surface area (Å²) in [6.07, 6.45) is 9.69. The number of fused-ring (bicyclic) bond motifs is 2. The zero-order valence-corrected chi connectivity index (χ0v) is 26.0. The Morgan fingerprint density at radius 2 is 0.854 bits per heavy atom. The molecule has 6 rings (SSSR count). The van der Waals surface area contributed by atoms with Crippen LogP contribution < -0.4 is 0 Å². The molecular formula is C41H44. The molecule has 2 aliphatic carbocycles. The third-order valence-corrected chi connectivity index (χ3v) is 9.54. The largest absolute Gasteiger partial charge is 0.0758 e. The fourth-order valence-electron chi connectivity index (χ4n) is 6.97. The average molecular weight is 537 g/mol. The van der Waals surface area contributed by atoms with Crippen molar-refractivity contribution in [2.24, 2.45) is 5.41 Å². The molecule has 4 aromatic rings. The summed E-state index contributed by atoms with van der Waals surface area (Å²) in [7, 11) is 0. The topological polar surface area (TPSA) is 0 Å². The smallest absolute Gasteiger partial charge is 0.00875 e. The normalized spacial score (nSPS) is 18.0. The molecule has 0 heteroatoms. The van der Waals surface area contributed by atoms with Crippen LogP contribution in [0.15, 0.2) is 97.1 Å². The summed E-state index contributed by atoms with van der Waals surface area (Å²) >= 11 is 0. The van der Waals surface area contributed by atoms with Crippen molar-refractivity contribution in [3.05, 3.63) is 130 Å². The lowest BCUT2D eigenvalue weighted by Crippen LogP contribution is -2.26. The molecule has 0 radical (unpaired) electrons. The first-order valence-electron chi connectivity index (χ1n) is 15.2. The quantitative estimate of drug-likeness (QED) is 0.243. The van der Waals surface area contributed by atoms with Crippen molar-refractivity contribution in [1.29, 1.82) is 0 Å². The van der Waals surface area contributed by atoms with Gasteiger partial charge in [-0.25, -0.2) is 0 Å². The van der Waals surface area contributed by atoms with Crippen LogP contribution in [0.1, 0.15) is 101 Å². The van der Waals surface area contributed by atoms with Crippen molar-refractivity contribution in [2.75, 3.05) is 0 Å². The minimum Gasteiger partial charge on any atom is -0.0758 e. The Bertz CT molecular complexity index is 1550. The molecule has 0 saturated heterocycles. The van der Waals surface area contributed by atoms with E-state index in [0.29, 0.717) is 11.8 Å². The second-order valence-electron chi connectivity index (χ2n) is 14.8. The van der Waals surface area contributed by atoms with Gasteiger partial charge in [0, 0.05) is 11.8 Å². The van der Waals surface area contributed by atoms with Crippen LogP contribution in [0.5, 0.6) is 0 Å². The molecule has 0 aliphatic heterocycles. The van der Waals surface area contributed by atoms with Gasteiger partial charge in [0.25, 0.3) is 0 Å². The van der Waals surface area contributed by atoms with Crippen LogP contribution in [0.4, 0.5) is 0 Å². The SMILES string of the molecule is CC(C)(C)c1cccc(-c2cccc3c2C=CC3C(C)(C)C2C=Cc3c(-c4cccc(C(C)(C)C)c4)cccc32)c1. The van der Waals surface area contributed by atoms with Crippen LogP contribution in [0.2, 0.25) is 0 Å². The molecule has 0 amide bonds. The molecule has 2 aliphatic rings. The molecule has 41 heavy (non-hydrogen) atoms. The van der Waals surface area contributed by atoms with Gasteiger partial charge in [-0.3, -0.25) is 0 Å². The maximum absolute atomic E-state index is 2.46. The number of rotatable bonds is 4. The molecule has 208 valence electrons. The first-order chi connectivity index (χ1) is 19.4. The van der Waals surface area contributed by atoms with Crippen LogP contribution >= 0.6 is 0 Å². The monoisotopic (exact) mass is 536 g/mol. The summed E-state index contributed by atoms with van der Waals surface area (Å²) in [6, 6.07) is 32.0. The van der Waals surface area contributed by atoms with E-state index in [-0.39, 0.29) is 16.2 Å². The molecule has 0 bridgehead atoms. The summed E-state index contributed by atoms with van der Waals surface area (Å²) in [6.45, 7) is 18.7. The van der Waals surface area contributed by atoms with E-state index < -0.39 is 0 Å². The van der Waals surface area contributed by atoms with Crippen molar-refractivity contribution in [1.82, 2.24) is 0 Å². The minimum absolute atomic E-state index is 0.0151. The van der Waals surface area contributed by atoms with E-state index in [0.717, 1.165) is 0 Å². The first-order valence-corrected chi connectivity index (χ1v) is 15.2. The Kier molecular flexibility index (Phi) is 6.53. The van der Waals surface area contributed by atoms with Crippen molar-refractivity contribution >= 4 is 12.2 Å². The van der Waals surface area contributed by atoms with Gasteiger partial charge < -0.3 is 0 Å². The maximum atomic E-state index is 2.46. The van der Waals surface area contributed by atoms with Crippen molar-refractivity contribution in [3.8, 4) is 22.3 Å². The van der Waals surface area contributed by atoms with Crippen LogP contribution in [0, 0.1) is 5.41 Å². The van der Waals surface area contributed by atoms with Gasteiger partial charge in [0.2, 0.25) is 0 Å². The van der Waals surface area contributed by atoms with E-state index in [1.54, 1.807) is 0 Å². The Balaban J connectivity index is 1.36. The highest BCUT2D eigenvalue weighted by molar-refractivity contribution is 5.83. The van der Waals surface area contributed by atoms with Crippen LogP contribution in [0.25, 0.3) is 34.4 Å². The zero-order valence-electron chi connectivity index (χ0n) is 26.0. The Morgan fingerprint density at radius 1 is 0.463 bits per heavy atom. The van der Waals surface area contributed by atoms with Crippen molar-refractivity contribution in [3.63, 3.8) is 0 Å². The van der Waals surface area contributed by atoms with E-state index in [1.165, 1.54) is 55.6 Å². The lowest BCUT2D eigenvalue weighted by Gasteiger charge is -2.37. The van der Waals surface area contributed by atoms with Gasteiger partial charge in [-0.2, -0.15) is 0 Å². The Hall–Kier alpha value is -3.64. The number of hydrogen-bond donors (Lipinski definition) is 0. The summed E-state index contributed by atoms with van der Waals surface area (Å²) in [5.74, 6) is 0.688. The molecule has 2 unspecified atom stereocenters. The fourth-order valence-corrected chi connectivity index (χ4v) is 6.97. The van der Waals surface area contributed by atoms with Gasteiger partial charge in [0.05, 0.1) is 0 Å². The standard InChI is InChI=1S/C41H44/c1-39(2,3)29-15-9-13-27(25-29)31-17-11-19-35-33(31)21-23-37(35)41(7,8)38-24-22-34-32(18-12-20-36(34)38)28-14-10-16-30(26-28)40(4,5)6/h9-26,37-38H,1-8H3. The summed E-state index contributed by atoms with van der Waals surface area (Å²) in [4.78, 5) is 0. The van der Waals surface area contributed by atoms with Gasteiger partial charge in [-0.05, 0) is 71.9 Å². The van der Waals surface area contributed by atoms with E-state index in [1.807, 2.05) is 0 Å². The molecule has 0 heterocycles. The highest BCUT2D eigenvalue weighted by Crippen LogP contribution is 2.55. The van der Waals surface area contributed by atoms with E-state index in [4.69, 9.17) is 0 Å². The number of hydrogen-bond acceptors (Lipinski definition) is 0. The maximum Gasteiger partial charge on any atom is 0.00875 e. The molecule has 0 nitrogen and oxygen atoms in total. The molecular weight excluding hydrogens is 492 g/mol. The first kappa shape index (κ1) is 27.5. The number of benzene rings is 4. The van der Waals surface area contributed by atoms with Crippen LogP contribution in [0.3, 0.4) is 0 Å². The van der Waals surface area contributed by atoms with Crippen molar-refractivity contribution < 1.29 is 0 Å². The van der Waals surface area contributed by atoms with Gasteiger partial charge >= 0.3 is 0 Å². The van der Waals surface area contributed by atoms with Gasteiger partial charge in [-0.15, -0.1) is 0 Å². The predicted octanol–water partition coefficient (Wildman–Crippen LogP) is 11.6. The molecule has 0 aromatic heterocycles. The predicted molar refractivity (Wildman–Crippen MR) is 178 cm³/mol. The van der Waals surface area contributed by atoms with E-state index in [9.17, 15) is 0 Å². The third kappa shape index (κ3) is 4.82. The average Bonchev–Trinajstić information content (AvgIpc) is 3.58. The Labute approximate surface area is 247 Å². The molecule has 4 aromatic carbocycles. The minimum atomic E-state index is 0.0151. The number of allylic oxidation sites excluding steroid dienone is 2. The molecule has 0 saturated carbocycles. The summed E-state index contributed by atoms with van der Waals surface area (Å²) < 4.78 is 0. The van der Waals surface area contributed by atoms with E-state index in [2.05, 4.69) is 165 Å². The second-order valence-corrected chi connectivity index (χ2v) is 14.8. The molecule has 0 N–H and O–H groups in total. The lowest BCUT2D eigenvalue weighted by molar-refractivity contribution is 0.292. The molecule has 2 atom stereocenters. The van der Waals surface area contributed by atoms with Crippen molar-refractivity contribution in [2.45, 2.75) is 78.1 Å². The Morgan fingerprint density at radius 3 is 1.24 bits per heavy atom.